The fraction of sp³-hybridized carbons (Fsp3) is 0.625. The molecule has 2 spiro atoms. The van der Waals surface area contributed by atoms with Gasteiger partial charge in [-0.25, -0.2) is 9.18 Å². The fourth-order valence-electron chi connectivity index (χ4n) is 10.2. The maximum atomic E-state index is 13.2. The van der Waals surface area contributed by atoms with Crippen LogP contribution in [0, 0.1) is 29.5 Å². The molecule has 10 nitrogen and oxygen atoms in total. The molecular formula is C40H50FN3O7. The highest BCUT2D eigenvalue weighted by Gasteiger charge is 2.70. The van der Waals surface area contributed by atoms with E-state index in [0.29, 0.717) is 49.0 Å². The van der Waals surface area contributed by atoms with Crippen molar-refractivity contribution in [1.82, 2.24) is 15.5 Å². The Bertz CT molecular complexity index is 1590. The van der Waals surface area contributed by atoms with Gasteiger partial charge < -0.3 is 25.0 Å². The number of ether oxygens (including phenoxy) is 2. The van der Waals surface area contributed by atoms with Crippen LogP contribution in [-0.4, -0.2) is 59.6 Å². The van der Waals surface area contributed by atoms with Crippen LogP contribution in [0.2, 0.25) is 0 Å². The van der Waals surface area contributed by atoms with Gasteiger partial charge in [-0.15, -0.1) is 0 Å². The predicted molar refractivity (Wildman–Crippen MR) is 185 cm³/mol. The number of piperidine rings is 1. The molecule has 2 saturated heterocycles. The second-order valence-electron chi connectivity index (χ2n) is 16.3. The molecule has 2 N–H and O–H groups in total. The van der Waals surface area contributed by atoms with Crippen LogP contribution in [0.25, 0.3) is 0 Å². The van der Waals surface area contributed by atoms with Crippen LogP contribution in [0.1, 0.15) is 112 Å². The second-order valence-corrected chi connectivity index (χ2v) is 16.3. The van der Waals surface area contributed by atoms with Crippen LogP contribution >= 0.6 is 0 Å². The first-order valence-corrected chi connectivity index (χ1v) is 19.1. The molecule has 7 fully saturated rings. The van der Waals surface area contributed by atoms with Gasteiger partial charge in [0.1, 0.15) is 11.6 Å². The molecule has 5 saturated carbocycles. The molecule has 2 heterocycles. The highest BCUT2D eigenvalue weighted by Crippen LogP contribution is 2.65. The van der Waals surface area contributed by atoms with Crippen LogP contribution in [0.3, 0.4) is 0 Å². The van der Waals surface area contributed by atoms with Crippen molar-refractivity contribution >= 4 is 17.9 Å². The van der Waals surface area contributed by atoms with E-state index < -0.39 is 11.6 Å². The van der Waals surface area contributed by atoms with Gasteiger partial charge in [-0.3, -0.25) is 9.59 Å². The average Bonchev–Trinajstić information content (AvgIpc) is 3.48. The van der Waals surface area contributed by atoms with E-state index in [1.54, 1.807) is 4.90 Å². The zero-order valence-electron chi connectivity index (χ0n) is 29.5. The molecule has 274 valence electrons. The monoisotopic (exact) mass is 703 g/mol. The number of hydrogen-bond donors (Lipinski definition) is 2. The lowest BCUT2D eigenvalue weighted by atomic mass is 9.50. The molecule has 0 radical (unpaired) electrons. The number of nitrogens with zero attached hydrogens (tertiary/aromatic N) is 1. The molecule has 4 atom stereocenters. The average molecular weight is 704 g/mol. The summed E-state index contributed by atoms with van der Waals surface area (Å²) in [4.78, 5) is 52.6. The lowest BCUT2D eigenvalue weighted by Crippen LogP contribution is -2.69. The van der Waals surface area contributed by atoms with E-state index >= 15 is 0 Å². The highest BCUT2D eigenvalue weighted by atomic mass is 19.1. The summed E-state index contributed by atoms with van der Waals surface area (Å²) in [5.41, 5.74) is 1.30. The number of benzene rings is 2. The highest BCUT2D eigenvalue weighted by molar-refractivity contribution is 5.94. The van der Waals surface area contributed by atoms with Gasteiger partial charge in [0.25, 0.3) is 5.91 Å². The molecule has 2 aromatic carbocycles. The van der Waals surface area contributed by atoms with E-state index in [-0.39, 0.29) is 47.0 Å². The molecule has 3 amide bonds. The lowest BCUT2D eigenvalue weighted by Gasteiger charge is -2.62. The fourth-order valence-corrected chi connectivity index (χ4v) is 10.2. The van der Waals surface area contributed by atoms with Gasteiger partial charge in [-0.05, 0) is 124 Å². The van der Waals surface area contributed by atoms with Crippen LogP contribution in [0.4, 0.5) is 9.18 Å². The van der Waals surface area contributed by atoms with Crippen molar-refractivity contribution < 1.29 is 38.0 Å². The summed E-state index contributed by atoms with van der Waals surface area (Å²) in [6.45, 7) is 4.08. The number of hydrogen-bond acceptors (Lipinski definition) is 7. The summed E-state index contributed by atoms with van der Waals surface area (Å²) >= 11 is 0. The molecular weight excluding hydrogens is 653 g/mol. The maximum absolute atomic E-state index is 13.2. The standard InChI is InChI=1S/C40H50FN3O7/c1-26-14-18-44(19-15-26)37(47)48-34-12-8-28(9-13-34)30-4-2-16-39(23-30)49-40(51-50-39)31-20-27-21-32(40)25-38(22-27,24-31)43-35(45)5-3-17-42-36(46)29-6-10-33(41)11-7-29/h6-13,26-27,30-32H,2-5,14-25H2,1H3,(H,42,46)(H,43,45)/t27?,30?,31?,32?,38?,39-,40?/m1/s1/i41+0. The topological polar surface area (TPSA) is 115 Å². The van der Waals surface area contributed by atoms with Gasteiger partial charge in [0.15, 0.2) is 0 Å². The molecule has 2 aliphatic heterocycles. The number of likely N-dealkylation sites (tertiary alicyclic amines) is 1. The van der Waals surface area contributed by atoms with Crippen LogP contribution < -0.4 is 15.4 Å². The molecule has 7 aliphatic rings. The van der Waals surface area contributed by atoms with E-state index in [0.717, 1.165) is 77.3 Å². The van der Waals surface area contributed by atoms with Crippen molar-refractivity contribution in [3.63, 3.8) is 0 Å². The van der Waals surface area contributed by atoms with Crippen molar-refractivity contribution in [3.8, 4) is 5.75 Å². The summed E-state index contributed by atoms with van der Waals surface area (Å²) in [6.07, 6.45) is 10.6. The minimum Gasteiger partial charge on any atom is -0.410 e. The number of carbonyl (C=O) groups is 3. The van der Waals surface area contributed by atoms with Gasteiger partial charge in [-0.1, -0.05) is 19.1 Å². The Kier molecular flexibility index (Phi) is 9.34. The second kappa shape index (κ2) is 13.8. The first-order chi connectivity index (χ1) is 24.6. The number of halogens is 1. The SMILES string of the molecule is CC1CCN(C(=O)Oc2ccc(C3CCC[C@]4(C3)OOC3(O4)C4CC5CC3CC(NC(=O)CCCNC(=O)c3ccc([19F])cc3)(C5)C4)cc2)CC1. The van der Waals surface area contributed by atoms with Crippen molar-refractivity contribution in [1.29, 1.82) is 0 Å². The first kappa shape index (κ1) is 34.5. The molecule has 9 rings (SSSR count). The maximum Gasteiger partial charge on any atom is 0.415 e. The lowest BCUT2D eigenvalue weighted by molar-refractivity contribution is -0.391. The van der Waals surface area contributed by atoms with Gasteiger partial charge in [0.05, 0.1) is 0 Å². The van der Waals surface area contributed by atoms with E-state index in [4.69, 9.17) is 19.2 Å². The largest absolute Gasteiger partial charge is 0.415 e. The third-order valence-corrected chi connectivity index (χ3v) is 12.6. The first-order valence-electron chi connectivity index (χ1n) is 19.1. The number of carbonyl (C=O) groups excluding carboxylic acids is 3. The molecule has 3 unspecified atom stereocenters. The molecule has 2 aromatic rings. The van der Waals surface area contributed by atoms with Crippen molar-refractivity contribution in [2.45, 2.75) is 113 Å². The normalized spacial score (nSPS) is 34.2. The summed E-state index contributed by atoms with van der Waals surface area (Å²) in [5.74, 6) is -0.0338. The van der Waals surface area contributed by atoms with Gasteiger partial charge in [-0.2, -0.15) is 9.78 Å². The molecule has 4 bridgehead atoms. The van der Waals surface area contributed by atoms with Crippen LogP contribution in [0.5, 0.6) is 5.75 Å². The molecule has 11 heteroatoms. The van der Waals surface area contributed by atoms with E-state index in [1.165, 1.54) is 29.8 Å². The smallest absolute Gasteiger partial charge is 0.410 e. The number of rotatable bonds is 8. The van der Waals surface area contributed by atoms with Gasteiger partial charge >= 0.3 is 6.09 Å². The quantitative estimate of drug-likeness (QED) is 0.225. The van der Waals surface area contributed by atoms with Crippen LogP contribution in [0.15, 0.2) is 48.5 Å². The van der Waals surface area contributed by atoms with Crippen LogP contribution in [-0.2, 0) is 19.3 Å². The summed E-state index contributed by atoms with van der Waals surface area (Å²) in [7, 11) is 0. The summed E-state index contributed by atoms with van der Waals surface area (Å²) in [6, 6.07) is 13.3. The Labute approximate surface area is 299 Å². The zero-order chi connectivity index (χ0) is 35.2. The third kappa shape index (κ3) is 7.01. The van der Waals surface area contributed by atoms with E-state index in [9.17, 15) is 18.8 Å². The van der Waals surface area contributed by atoms with Crippen molar-refractivity contribution in [2.75, 3.05) is 19.6 Å². The van der Waals surface area contributed by atoms with Gasteiger partial charge in [0, 0.05) is 61.8 Å². The predicted octanol–water partition coefficient (Wildman–Crippen LogP) is 6.99. The van der Waals surface area contributed by atoms with E-state index in [1.807, 2.05) is 12.1 Å². The van der Waals surface area contributed by atoms with Crippen molar-refractivity contribution in [3.05, 3.63) is 65.5 Å². The van der Waals surface area contributed by atoms with Crippen molar-refractivity contribution in [2.24, 2.45) is 23.7 Å². The Morgan fingerprint density at radius 3 is 2.37 bits per heavy atom. The minimum atomic E-state index is -0.802. The molecule has 5 aliphatic carbocycles. The summed E-state index contributed by atoms with van der Waals surface area (Å²) < 4.78 is 25.9. The Balaban J connectivity index is 0.845. The number of amides is 3. The Hall–Kier alpha value is -3.54. The molecule has 51 heavy (non-hydrogen) atoms. The zero-order valence-corrected chi connectivity index (χ0v) is 29.5. The Morgan fingerprint density at radius 1 is 0.922 bits per heavy atom. The Morgan fingerprint density at radius 2 is 1.65 bits per heavy atom. The van der Waals surface area contributed by atoms with Gasteiger partial charge in [0.2, 0.25) is 17.5 Å². The minimum absolute atomic E-state index is 0.0000424. The summed E-state index contributed by atoms with van der Waals surface area (Å²) in [5, 5.41) is 6.24. The third-order valence-electron chi connectivity index (χ3n) is 12.6. The van der Waals surface area contributed by atoms with E-state index in [2.05, 4.69) is 29.7 Å². The number of nitrogens with one attached hydrogen (secondary N) is 2. The molecule has 0 aromatic heterocycles.